The molecule has 0 saturated carbocycles. The smallest absolute Gasteiger partial charge is 0.306 e. The molecule has 0 aromatic rings. The molecule has 0 bridgehead atoms. The van der Waals surface area contributed by atoms with Crippen LogP contribution in [-0.4, -0.2) is 142 Å². The quantitative estimate of drug-likeness (QED) is 0.0246. The molecule has 2 saturated heterocycles. The molecule has 0 aliphatic carbocycles. The molecule has 346 valence electrons. The number of hydrogen-bond donors (Lipinski definition) is 7. The first-order valence-corrected chi connectivity index (χ1v) is 22.9. The monoisotopic (exact) mass is 847 g/mol. The number of esters is 1. The molecule has 7 N–H and O–H groups in total. The molecule has 11 atom stereocenters. The van der Waals surface area contributed by atoms with Crippen LogP contribution in [0, 0.1) is 0 Å². The van der Waals surface area contributed by atoms with Crippen molar-refractivity contribution in [2.75, 3.05) is 33.0 Å². The van der Waals surface area contributed by atoms with E-state index in [2.05, 4.69) is 31.2 Å². The predicted molar refractivity (Wildman–Crippen MR) is 224 cm³/mol. The van der Waals surface area contributed by atoms with Crippen LogP contribution >= 0.6 is 0 Å². The van der Waals surface area contributed by atoms with E-state index in [1.165, 1.54) is 89.9 Å². The number of allylic oxidation sites excluding steroid dienone is 4. The van der Waals surface area contributed by atoms with E-state index in [1.54, 1.807) is 0 Å². The van der Waals surface area contributed by atoms with Crippen molar-refractivity contribution in [2.24, 2.45) is 0 Å². The first kappa shape index (κ1) is 53.6. The van der Waals surface area contributed by atoms with E-state index in [0.29, 0.717) is 13.0 Å². The van der Waals surface area contributed by atoms with E-state index in [-0.39, 0.29) is 19.6 Å². The normalized spacial score (nSPS) is 28.2. The Hall–Kier alpha value is -1.53. The van der Waals surface area contributed by atoms with Crippen molar-refractivity contribution in [2.45, 2.75) is 223 Å². The third-order valence-corrected chi connectivity index (χ3v) is 11.0. The van der Waals surface area contributed by atoms with Crippen molar-refractivity contribution < 1.29 is 69.0 Å². The average molecular weight is 847 g/mol. The molecule has 2 fully saturated rings. The highest BCUT2D eigenvalue weighted by atomic mass is 16.7. The topological polar surface area (TPSA) is 214 Å². The average Bonchev–Trinajstić information content (AvgIpc) is 3.23. The molecule has 2 heterocycles. The minimum atomic E-state index is -1.70. The lowest BCUT2D eigenvalue weighted by Crippen LogP contribution is -2.61. The van der Waals surface area contributed by atoms with Crippen molar-refractivity contribution >= 4 is 5.97 Å². The number of ether oxygens (including phenoxy) is 6. The SMILES string of the molecule is CCCCCCC/C=C\C/C=C\CCCCCCCCCCCCOCC(COC1OC(COC2OC(CO)C(O)C(O)C2O)C(O)C(O)C1O)OC(=O)CCCCC. The highest BCUT2D eigenvalue weighted by molar-refractivity contribution is 5.69. The molecule has 0 amide bonds. The third kappa shape index (κ3) is 22.9. The van der Waals surface area contributed by atoms with Gasteiger partial charge in [0.25, 0.3) is 0 Å². The van der Waals surface area contributed by atoms with E-state index >= 15 is 0 Å². The van der Waals surface area contributed by atoms with Gasteiger partial charge in [-0.05, 0) is 44.9 Å². The zero-order valence-corrected chi connectivity index (χ0v) is 36.2. The van der Waals surface area contributed by atoms with Crippen LogP contribution in [0.5, 0.6) is 0 Å². The summed E-state index contributed by atoms with van der Waals surface area (Å²) in [6, 6.07) is 0. The first-order chi connectivity index (χ1) is 28.6. The predicted octanol–water partition coefficient (Wildman–Crippen LogP) is 5.29. The number of aliphatic hydroxyl groups is 7. The lowest BCUT2D eigenvalue weighted by Gasteiger charge is -2.42. The largest absolute Gasteiger partial charge is 0.457 e. The van der Waals surface area contributed by atoms with Gasteiger partial charge in [0, 0.05) is 13.0 Å². The number of carbonyl (C=O) groups excluding carboxylic acids is 1. The molecule has 0 radical (unpaired) electrons. The molecule has 2 aliphatic heterocycles. The van der Waals surface area contributed by atoms with Gasteiger partial charge in [0.05, 0.1) is 26.4 Å². The molecule has 0 aromatic carbocycles. The fraction of sp³-hybridized carbons (Fsp3) is 0.889. The Labute approximate surface area is 354 Å². The molecule has 2 aliphatic rings. The van der Waals surface area contributed by atoms with Crippen LogP contribution in [0.15, 0.2) is 24.3 Å². The maximum Gasteiger partial charge on any atom is 0.306 e. The summed E-state index contributed by atoms with van der Waals surface area (Å²) >= 11 is 0. The molecule has 11 unspecified atom stereocenters. The molecular formula is C45H82O14. The van der Waals surface area contributed by atoms with Gasteiger partial charge >= 0.3 is 5.97 Å². The second kappa shape index (κ2) is 34.0. The maximum atomic E-state index is 12.6. The lowest BCUT2D eigenvalue weighted by atomic mass is 9.98. The van der Waals surface area contributed by atoms with Gasteiger partial charge in [-0.25, -0.2) is 0 Å². The van der Waals surface area contributed by atoms with Crippen molar-refractivity contribution in [1.29, 1.82) is 0 Å². The molecule has 0 aromatic heterocycles. The standard InChI is InChI=1S/C45H82O14/c1-3-5-7-8-9-10-11-12-13-14-15-16-17-18-19-20-21-22-23-24-25-27-29-54-31-34(57-37(47)28-26-6-4-2)32-55-44-43(53)41(51)39(49)36(59-44)33-56-45-42(52)40(50)38(48)35(30-46)58-45/h11-12,14-15,34-36,38-46,48-53H,3-10,13,16-33H2,1-2H3/b12-11-,15-14-. The number of rotatable bonds is 35. The second-order valence-electron chi connectivity index (χ2n) is 16.2. The van der Waals surface area contributed by atoms with Crippen molar-refractivity contribution in [3.63, 3.8) is 0 Å². The van der Waals surface area contributed by atoms with E-state index in [4.69, 9.17) is 28.4 Å². The van der Waals surface area contributed by atoms with Crippen LogP contribution in [0.3, 0.4) is 0 Å². The van der Waals surface area contributed by atoms with Crippen LogP contribution < -0.4 is 0 Å². The fourth-order valence-corrected chi connectivity index (χ4v) is 7.14. The van der Waals surface area contributed by atoms with E-state index < -0.39 is 86.7 Å². The molecule has 14 nitrogen and oxygen atoms in total. The van der Waals surface area contributed by atoms with Crippen molar-refractivity contribution in [3.8, 4) is 0 Å². The fourth-order valence-electron chi connectivity index (χ4n) is 7.14. The lowest BCUT2D eigenvalue weighted by molar-refractivity contribution is -0.332. The summed E-state index contributed by atoms with van der Waals surface area (Å²) in [5.74, 6) is -0.402. The molecular weight excluding hydrogens is 764 g/mol. The molecule has 14 heteroatoms. The summed E-state index contributed by atoms with van der Waals surface area (Å²) < 4.78 is 33.8. The Balaban J connectivity index is 1.64. The second-order valence-corrected chi connectivity index (χ2v) is 16.2. The van der Waals surface area contributed by atoms with E-state index in [0.717, 1.165) is 38.5 Å². The van der Waals surface area contributed by atoms with Crippen molar-refractivity contribution in [1.82, 2.24) is 0 Å². The summed E-state index contributed by atoms with van der Waals surface area (Å²) in [7, 11) is 0. The summed E-state index contributed by atoms with van der Waals surface area (Å²) in [6.45, 7) is 3.48. The number of hydrogen-bond acceptors (Lipinski definition) is 14. The van der Waals surface area contributed by atoms with Crippen LogP contribution in [0.2, 0.25) is 0 Å². The summed E-state index contributed by atoms with van der Waals surface area (Å²) in [6.07, 6.45) is 17.8. The summed E-state index contributed by atoms with van der Waals surface area (Å²) in [5.41, 5.74) is 0. The first-order valence-electron chi connectivity index (χ1n) is 22.9. The highest BCUT2D eigenvalue weighted by Gasteiger charge is 2.47. The Bertz CT molecular complexity index is 1080. The van der Waals surface area contributed by atoms with Crippen LogP contribution in [0.4, 0.5) is 0 Å². The minimum absolute atomic E-state index is 0.0588. The van der Waals surface area contributed by atoms with E-state index in [1.807, 2.05) is 6.92 Å². The Kier molecular flexibility index (Phi) is 30.9. The summed E-state index contributed by atoms with van der Waals surface area (Å²) in [4.78, 5) is 12.6. The minimum Gasteiger partial charge on any atom is -0.457 e. The van der Waals surface area contributed by atoms with Gasteiger partial charge in [0.15, 0.2) is 12.6 Å². The number of unbranched alkanes of at least 4 members (excludes halogenated alkanes) is 17. The zero-order valence-electron chi connectivity index (χ0n) is 36.2. The van der Waals surface area contributed by atoms with Crippen LogP contribution in [-0.2, 0) is 33.2 Å². The Morgan fingerprint density at radius 2 is 1.05 bits per heavy atom. The third-order valence-electron chi connectivity index (χ3n) is 11.0. The molecule has 2 rings (SSSR count). The molecule has 59 heavy (non-hydrogen) atoms. The summed E-state index contributed by atoms with van der Waals surface area (Å²) in [5, 5.41) is 71.5. The van der Waals surface area contributed by atoms with Gasteiger partial charge in [0.2, 0.25) is 0 Å². The van der Waals surface area contributed by atoms with Gasteiger partial charge in [-0.15, -0.1) is 0 Å². The van der Waals surface area contributed by atoms with Gasteiger partial charge in [-0.3, -0.25) is 4.79 Å². The Morgan fingerprint density at radius 3 is 1.63 bits per heavy atom. The van der Waals surface area contributed by atoms with Gasteiger partial charge in [-0.2, -0.15) is 0 Å². The zero-order chi connectivity index (χ0) is 43.1. The van der Waals surface area contributed by atoms with Crippen LogP contribution in [0.25, 0.3) is 0 Å². The van der Waals surface area contributed by atoms with Gasteiger partial charge in [-0.1, -0.05) is 128 Å². The Morgan fingerprint density at radius 1 is 0.559 bits per heavy atom. The van der Waals surface area contributed by atoms with Crippen LogP contribution in [0.1, 0.15) is 155 Å². The van der Waals surface area contributed by atoms with Crippen molar-refractivity contribution in [3.05, 3.63) is 24.3 Å². The van der Waals surface area contributed by atoms with Gasteiger partial charge in [0.1, 0.15) is 54.9 Å². The van der Waals surface area contributed by atoms with Gasteiger partial charge < -0.3 is 64.2 Å². The highest BCUT2D eigenvalue weighted by Crippen LogP contribution is 2.26. The number of carbonyl (C=O) groups is 1. The van der Waals surface area contributed by atoms with E-state index in [9.17, 15) is 40.5 Å². The maximum absolute atomic E-state index is 12.6. The number of aliphatic hydroxyl groups excluding tert-OH is 7. The molecule has 0 spiro atoms.